The van der Waals surface area contributed by atoms with Gasteiger partial charge in [-0.2, -0.15) is 11.8 Å². The third kappa shape index (κ3) is 8.65. The van der Waals surface area contributed by atoms with Gasteiger partial charge in [0.15, 0.2) is 0 Å². The second-order valence-corrected chi connectivity index (χ2v) is 9.32. The van der Waals surface area contributed by atoms with Crippen molar-refractivity contribution in [1.29, 1.82) is 0 Å². The van der Waals surface area contributed by atoms with Crippen molar-refractivity contribution in [1.82, 2.24) is 15.5 Å². The monoisotopic (exact) mass is 473 g/mol. The lowest BCUT2D eigenvalue weighted by molar-refractivity contribution is -0.149. The third-order valence-electron chi connectivity index (χ3n) is 5.15. The van der Waals surface area contributed by atoms with Crippen LogP contribution in [0.4, 0.5) is 0 Å². The Kier molecular flexibility index (Phi) is 11.5. The van der Waals surface area contributed by atoms with E-state index in [2.05, 4.69) is 10.6 Å². The van der Waals surface area contributed by atoms with Crippen LogP contribution in [0.2, 0.25) is 0 Å². The van der Waals surface area contributed by atoms with Crippen LogP contribution in [-0.4, -0.2) is 82.3 Å². The Balaban J connectivity index is 2.97. The number of primary amides is 1. The molecule has 1 aliphatic rings. The highest BCUT2D eigenvalue weighted by molar-refractivity contribution is 7.98. The Labute approximate surface area is 192 Å². The first kappa shape index (κ1) is 27.7. The summed E-state index contributed by atoms with van der Waals surface area (Å²) >= 11 is 1.52. The van der Waals surface area contributed by atoms with E-state index >= 15 is 0 Å². The number of aliphatic carboxylic acids is 1. The molecule has 4 unspecified atom stereocenters. The van der Waals surface area contributed by atoms with Crippen LogP contribution < -0.4 is 22.1 Å². The van der Waals surface area contributed by atoms with E-state index in [9.17, 15) is 29.1 Å². The predicted molar refractivity (Wildman–Crippen MR) is 120 cm³/mol. The van der Waals surface area contributed by atoms with Crippen molar-refractivity contribution in [2.45, 2.75) is 70.1 Å². The minimum atomic E-state index is -1.29. The highest BCUT2D eigenvalue weighted by Crippen LogP contribution is 2.20. The molecule has 0 aliphatic carbocycles. The van der Waals surface area contributed by atoms with Gasteiger partial charge < -0.3 is 32.1 Å². The number of nitrogens with zero attached hydrogens (tertiary/aromatic N) is 1. The number of likely N-dealkylation sites (tertiary alicyclic amines) is 1. The fourth-order valence-corrected chi connectivity index (χ4v) is 4.01. The van der Waals surface area contributed by atoms with Crippen LogP contribution in [0.1, 0.15) is 46.0 Å². The number of thioether (sulfide) groups is 1. The first-order valence-electron chi connectivity index (χ1n) is 10.6. The largest absolute Gasteiger partial charge is 0.480 e. The van der Waals surface area contributed by atoms with Crippen molar-refractivity contribution in [3.8, 4) is 0 Å². The SMILES string of the molecule is CSCCC(N)C(=O)NC(CC(N)=O)C(=O)NC(CC(C)C)C(=O)N1CCCC1C(=O)O. The summed E-state index contributed by atoms with van der Waals surface area (Å²) < 4.78 is 0. The van der Waals surface area contributed by atoms with Crippen LogP contribution >= 0.6 is 11.8 Å². The van der Waals surface area contributed by atoms with E-state index in [4.69, 9.17) is 11.5 Å². The number of carboxylic acid groups (broad SMARTS) is 1. The number of hydrogen-bond donors (Lipinski definition) is 5. The topological polar surface area (TPSA) is 185 Å². The van der Waals surface area contributed by atoms with Gasteiger partial charge in [-0.25, -0.2) is 4.79 Å². The molecule has 7 N–H and O–H groups in total. The maximum Gasteiger partial charge on any atom is 0.326 e. The third-order valence-corrected chi connectivity index (χ3v) is 5.79. The number of carbonyl (C=O) groups excluding carboxylic acids is 4. The van der Waals surface area contributed by atoms with Crippen molar-refractivity contribution in [2.24, 2.45) is 17.4 Å². The Hall–Kier alpha value is -2.34. The summed E-state index contributed by atoms with van der Waals surface area (Å²) in [6.07, 6.45) is 2.96. The van der Waals surface area contributed by atoms with Crippen molar-refractivity contribution in [3.63, 3.8) is 0 Å². The lowest BCUT2D eigenvalue weighted by atomic mass is 10.0. The van der Waals surface area contributed by atoms with Crippen LogP contribution in [0.5, 0.6) is 0 Å². The number of rotatable bonds is 13. The van der Waals surface area contributed by atoms with E-state index in [1.807, 2.05) is 20.1 Å². The van der Waals surface area contributed by atoms with Crippen LogP contribution in [0.25, 0.3) is 0 Å². The minimum Gasteiger partial charge on any atom is -0.480 e. The normalized spacial score (nSPS) is 18.7. The van der Waals surface area contributed by atoms with E-state index in [1.54, 1.807) is 0 Å². The second-order valence-electron chi connectivity index (χ2n) is 8.34. The first-order chi connectivity index (χ1) is 15.0. The molecular weight excluding hydrogens is 438 g/mol. The van der Waals surface area contributed by atoms with Gasteiger partial charge in [-0.15, -0.1) is 0 Å². The standard InChI is InChI=1S/C20H35N5O6S/c1-11(2)9-14(19(29)25-7-4-5-15(25)20(30)31)24-18(28)13(10-16(22)26)23-17(27)12(21)6-8-32-3/h11-15H,4-10,21H2,1-3H3,(H2,22,26)(H,23,27)(H,24,28)(H,30,31). The van der Waals surface area contributed by atoms with Crippen molar-refractivity contribution >= 4 is 41.4 Å². The summed E-state index contributed by atoms with van der Waals surface area (Å²) in [7, 11) is 0. The Morgan fingerprint density at radius 3 is 2.28 bits per heavy atom. The summed E-state index contributed by atoms with van der Waals surface area (Å²) in [6.45, 7) is 4.00. The molecule has 32 heavy (non-hydrogen) atoms. The number of carboxylic acids is 1. The van der Waals surface area contributed by atoms with Crippen LogP contribution in [0, 0.1) is 5.92 Å². The molecule has 11 nitrogen and oxygen atoms in total. The predicted octanol–water partition coefficient (Wildman–Crippen LogP) is -0.966. The molecule has 0 spiro atoms. The van der Waals surface area contributed by atoms with E-state index in [1.165, 1.54) is 16.7 Å². The zero-order chi connectivity index (χ0) is 24.4. The van der Waals surface area contributed by atoms with Crippen molar-refractivity contribution < 1.29 is 29.1 Å². The van der Waals surface area contributed by atoms with Gasteiger partial charge in [-0.05, 0) is 43.6 Å². The fourth-order valence-electron chi connectivity index (χ4n) is 3.52. The summed E-state index contributed by atoms with van der Waals surface area (Å²) in [5.74, 6) is -3.09. The minimum absolute atomic E-state index is 0.0132. The molecule has 1 rings (SSSR count). The average molecular weight is 474 g/mol. The molecule has 4 amide bonds. The summed E-state index contributed by atoms with van der Waals surface area (Å²) in [4.78, 5) is 62.6. The van der Waals surface area contributed by atoms with Gasteiger partial charge >= 0.3 is 5.97 Å². The Bertz CT molecular complexity index is 704. The summed E-state index contributed by atoms with van der Waals surface area (Å²) in [5.41, 5.74) is 11.1. The second kappa shape index (κ2) is 13.3. The maximum absolute atomic E-state index is 13.1. The molecule has 4 atom stereocenters. The zero-order valence-corrected chi connectivity index (χ0v) is 19.7. The highest BCUT2D eigenvalue weighted by atomic mass is 32.2. The first-order valence-corrected chi connectivity index (χ1v) is 12.0. The van der Waals surface area contributed by atoms with Gasteiger partial charge in [0.2, 0.25) is 23.6 Å². The van der Waals surface area contributed by atoms with E-state index in [0.29, 0.717) is 25.0 Å². The molecule has 0 aromatic heterocycles. The number of nitrogens with two attached hydrogens (primary N) is 2. The van der Waals surface area contributed by atoms with E-state index in [0.717, 1.165) is 0 Å². The van der Waals surface area contributed by atoms with Crippen LogP contribution in [0.15, 0.2) is 0 Å². The lowest BCUT2D eigenvalue weighted by Crippen LogP contribution is -2.58. The molecule has 0 radical (unpaired) electrons. The molecule has 0 aromatic rings. The van der Waals surface area contributed by atoms with Gasteiger partial charge in [-0.3, -0.25) is 19.2 Å². The van der Waals surface area contributed by atoms with Gasteiger partial charge in [0, 0.05) is 6.54 Å². The smallest absolute Gasteiger partial charge is 0.326 e. The van der Waals surface area contributed by atoms with Gasteiger partial charge in [0.05, 0.1) is 12.5 Å². The highest BCUT2D eigenvalue weighted by Gasteiger charge is 2.38. The molecule has 12 heteroatoms. The lowest BCUT2D eigenvalue weighted by Gasteiger charge is -2.29. The molecular formula is C20H35N5O6S. The quantitative estimate of drug-likeness (QED) is 0.226. The van der Waals surface area contributed by atoms with E-state index < -0.39 is 60.2 Å². The fraction of sp³-hybridized carbons (Fsp3) is 0.750. The zero-order valence-electron chi connectivity index (χ0n) is 18.8. The van der Waals surface area contributed by atoms with E-state index in [-0.39, 0.29) is 18.9 Å². The van der Waals surface area contributed by atoms with Crippen LogP contribution in [0.3, 0.4) is 0 Å². The summed E-state index contributed by atoms with van der Waals surface area (Å²) in [6, 6.07) is -4.10. The molecule has 1 aliphatic heterocycles. The average Bonchev–Trinajstić information content (AvgIpc) is 3.19. The number of carbonyl (C=O) groups is 5. The summed E-state index contributed by atoms with van der Waals surface area (Å²) in [5, 5.41) is 14.4. The van der Waals surface area contributed by atoms with Gasteiger partial charge in [-0.1, -0.05) is 13.8 Å². The Morgan fingerprint density at radius 2 is 1.75 bits per heavy atom. The molecule has 1 fully saturated rings. The van der Waals surface area contributed by atoms with Gasteiger partial charge in [0.1, 0.15) is 18.1 Å². The van der Waals surface area contributed by atoms with Crippen LogP contribution in [-0.2, 0) is 24.0 Å². The number of nitrogens with one attached hydrogen (secondary N) is 2. The molecule has 1 heterocycles. The van der Waals surface area contributed by atoms with Crippen molar-refractivity contribution in [3.05, 3.63) is 0 Å². The molecule has 0 bridgehead atoms. The molecule has 182 valence electrons. The van der Waals surface area contributed by atoms with Crippen molar-refractivity contribution in [2.75, 3.05) is 18.6 Å². The molecule has 0 saturated carbocycles. The van der Waals surface area contributed by atoms with Gasteiger partial charge in [0.25, 0.3) is 0 Å². The molecule has 0 aromatic carbocycles. The molecule has 1 saturated heterocycles. The maximum atomic E-state index is 13.1. The number of hydrogen-bond acceptors (Lipinski definition) is 7. The number of amides is 4. The Morgan fingerprint density at radius 1 is 1.12 bits per heavy atom.